The molecular weight excluding hydrogens is 390 g/mol. The van der Waals surface area contributed by atoms with E-state index in [1.54, 1.807) is 30.7 Å². The molecule has 1 aromatic carbocycles. The third kappa shape index (κ3) is 5.73. The topological polar surface area (TPSA) is 115 Å². The standard InChI is InChI=1S/C13H17N.C7H11NOS2.CH3NO/c1-8-12(9-5-6-9)7-10-3-2-4-11(10)13(8)14;1-7(2,9)5-3-6(11-8)10-4-5;2-1-3/h7,9H,2-6,14H2,1H3;3-4,9H,8H2,1-2H3;1H,(H2,2,3). The number of hydrogen-bond acceptors (Lipinski definition) is 6. The molecule has 4 rings (SSSR count). The summed E-state index contributed by atoms with van der Waals surface area (Å²) < 4.78 is 1.03. The minimum atomic E-state index is -0.746. The highest BCUT2D eigenvalue weighted by Gasteiger charge is 2.28. The largest absolute Gasteiger partial charge is 0.398 e. The van der Waals surface area contributed by atoms with E-state index in [4.69, 9.17) is 15.7 Å². The van der Waals surface area contributed by atoms with Crippen molar-refractivity contribution in [3.8, 4) is 0 Å². The Bertz CT molecular complexity index is 809. The maximum Gasteiger partial charge on any atom is 0.204 e. The zero-order valence-corrected chi connectivity index (χ0v) is 18.5. The highest BCUT2D eigenvalue weighted by atomic mass is 32.2. The molecule has 0 radical (unpaired) electrons. The van der Waals surface area contributed by atoms with Crippen LogP contribution in [0, 0.1) is 6.92 Å². The number of amides is 1. The molecule has 2 aromatic rings. The molecule has 154 valence electrons. The number of hydrogen-bond donors (Lipinski definition) is 4. The van der Waals surface area contributed by atoms with E-state index in [1.807, 2.05) is 11.4 Å². The molecule has 0 bridgehead atoms. The van der Waals surface area contributed by atoms with Crippen LogP contribution < -0.4 is 16.6 Å². The van der Waals surface area contributed by atoms with Crippen LogP contribution in [0.5, 0.6) is 0 Å². The maximum atomic E-state index is 9.55. The molecule has 1 amide bonds. The number of thiophene rings is 1. The van der Waals surface area contributed by atoms with Crippen molar-refractivity contribution >= 4 is 35.4 Å². The summed E-state index contributed by atoms with van der Waals surface area (Å²) in [7, 11) is 0. The number of anilines is 1. The van der Waals surface area contributed by atoms with Gasteiger partial charge in [-0.05, 0) is 110 Å². The maximum absolute atomic E-state index is 9.55. The van der Waals surface area contributed by atoms with Crippen molar-refractivity contribution in [1.29, 1.82) is 0 Å². The van der Waals surface area contributed by atoms with Crippen LogP contribution >= 0.6 is 23.3 Å². The summed E-state index contributed by atoms with van der Waals surface area (Å²) in [5.74, 6) is 0.836. The summed E-state index contributed by atoms with van der Waals surface area (Å²) in [5, 5.41) is 16.8. The van der Waals surface area contributed by atoms with Gasteiger partial charge in [0.05, 0.1) is 9.81 Å². The number of aliphatic hydroxyl groups is 1. The summed E-state index contributed by atoms with van der Waals surface area (Å²) in [5.41, 5.74) is 17.5. The van der Waals surface area contributed by atoms with E-state index < -0.39 is 5.60 Å². The van der Waals surface area contributed by atoms with Crippen LogP contribution in [0.4, 0.5) is 5.69 Å². The van der Waals surface area contributed by atoms with Crippen LogP contribution in [-0.2, 0) is 23.2 Å². The zero-order chi connectivity index (χ0) is 20.9. The fourth-order valence-electron chi connectivity index (χ4n) is 3.43. The third-order valence-corrected chi connectivity index (χ3v) is 6.82. The van der Waals surface area contributed by atoms with Gasteiger partial charge in [0.25, 0.3) is 0 Å². The quantitative estimate of drug-likeness (QED) is 0.340. The molecule has 2 aliphatic carbocycles. The number of benzene rings is 1. The molecule has 0 saturated heterocycles. The van der Waals surface area contributed by atoms with Crippen LogP contribution in [0.1, 0.15) is 66.8 Å². The SMILES string of the molecule is CC(C)(O)c1csc(SN)c1.Cc1c(C2CC2)cc2c(c1N)CCC2.NC=O. The van der Waals surface area contributed by atoms with Gasteiger partial charge in [0.1, 0.15) is 0 Å². The van der Waals surface area contributed by atoms with Crippen LogP contribution in [0.2, 0.25) is 0 Å². The molecule has 0 atom stereocenters. The third-order valence-electron chi connectivity index (χ3n) is 5.17. The molecule has 0 spiro atoms. The number of carbonyl (C=O) groups excluding carboxylic acids is 1. The van der Waals surface area contributed by atoms with Crippen LogP contribution in [-0.4, -0.2) is 11.5 Å². The van der Waals surface area contributed by atoms with E-state index >= 15 is 0 Å². The lowest BCUT2D eigenvalue weighted by atomic mass is 9.95. The Labute approximate surface area is 175 Å². The van der Waals surface area contributed by atoms with Gasteiger partial charge in [-0.3, -0.25) is 9.93 Å². The van der Waals surface area contributed by atoms with Crippen molar-refractivity contribution in [2.24, 2.45) is 10.9 Å². The minimum Gasteiger partial charge on any atom is -0.398 e. The predicted molar refractivity (Wildman–Crippen MR) is 119 cm³/mol. The summed E-state index contributed by atoms with van der Waals surface area (Å²) in [6.45, 7) is 5.72. The van der Waals surface area contributed by atoms with Crippen molar-refractivity contribution in [3.63, 3.8) is 0 Å². The molecule has 28 heavy (non-hydrogen) atoms. The molecule has 0 unspecified atom stereocenters. The first-order valence-corrected chi connectivity index (χ1v) is 11.2. The average molecular weight is 422 g/mol. The molecule has 7 heteroatoms. The van der Waals surface area contributed by atoms with E-state index in [2.05, 4.69) is 18.7 Å². The number of nitrogens with two attached hydrogens (primary N) is 3. The van der Waals surface area contributed by atoms with E-state index in [0.29, 0.717) is 0 Å². The number of fused-ring (bicyclic) bond motifs is 1. The summed E-state index contributed by atoms with van der Waals surface area (Å²) in [6.07, 6.45) is 6.75. The second kappa shape index (κ2) is 9.78. The van der Waals surface area contributed by atoms with Crippen LogP contribution in [0.3, 0.4) is 0 Å². The smallest absolute Gasteiger partial charge is 0.204 e. The lowest BCUT2D eigenvalue weighted by molar-refractivity contribution is -0.106. The number of nitrogen functional groups attached to an aromatic ring is 1. The summed E-state index contributed by atoms with van der Waals surface area (Å²) in [6, 6.07) is 4.35. The molecule has 7 N–H and O–H groups in total. The predicted octanol–water partition coefficient (Wildman–Crippen LogP) is 3.99. The molecule has 2 aliphatic rings. The summed E-state index contributed by atoms with van der Waals surface area (Å²) >= 11 is 2.77. The number of primary amides is 1. The van der Waals surface area contributed by atoms with Gasteiger partial charge in [-0.2, -0.15) is 0 Å². The fraction of sp³-hybridized carbons (Fsp3) is 0.476. The van der Waals surface area contributed by atoms with E-state index in [-0.39, 0.29) is 6.41 Å². The van der Waals surface area contributed by atoms with Gasteiger partial charge in [-0.1, -0.05) is 6.07 Å². The highest BCUT2D eigenvalue weighted by Crippen LogP contribution is 2.45. The second-order valence-electron chi connectivity index (χ2n) is 7.74. The van der Waals surface area contributed by atoms with Gasteiger partial charge in [-0.15, -0.1) is 11.3 Å². The monoisotopic (exact) mass is 421 g/mol. The van der Waals surface area contributed by atoms with Crippen LogP contribution in [0.15, 0.2) is 21.7 Å². The van der Waals surface area contributed by atoms with Crippen molar-refractivity contribution in [3.05, 3.63) is 45.3 Å². The van der Waals surface area contributed by atoms with Gasteiger partial charge in [0.15, 0.2) is 0 Å². The Balaban J connectivity index is 0.000000181. The Hall–Kier alpha value is -1.54. The van der Waals surface area contributed by atoms with Crippen molar-refractivity contribution in [2.75, 3.05) is 5.73 Å². The Morgan fingerprint density at radius 1 is 1.29 bits per heavy atom. The van der Waals surface area contributed by atoms with Gasteiger partial charge < -0.3 is 16.6 Å². The second-order valence-corrected chi connectivity index (χ2v) is 9.58. The molecule has 1 aromatic heterocycles. The lowest BCUT2D eigenvalue weighted by Gasteiger charge is -2.14. The lowest BCUT2D eigenvalue weighted by Crippen LogP contribution is -2.13. The van der Waals surface area contributed by atoms with E-state index in [1.165, 1.54) is 60.7 Å². The highest BCUT2D eigenvalue weighted by molar-refractivity contribution is 7.99. The Morgan fingerprint density at radius 3 is 2.39 bits per heavy atom. The van der Waals surface area contributed by atoms with Gasteiger partial charge in [0, 0.05) is 5.69 Å². The molecule has 1 heterocycles. The molecule has 5 nitrogen and oxygen atoms in total. The zero-order valence-electron chi connectivity index (χ0n) is 16.8. The van der Waals surface area contributed by atoms with E-state index in [0.717, 1.165) is 21.4 Å². The molecule has 1 saturated carbocycles. The number of carbonyl (C=O) groups is 1. The number of aryl methyl sites for hydroxylation is 1. The van der Waals surface area contributed by atoms with Crippen molar-refractivity contribution < 1.29 is 9.90 Å². The first-order chi connectivity index (χ1) is 13.2. The van der Waals surface area contributed by atoms with Gasteiger partial charge in [0.2, 0.25) is 6.41 Å². The molecular formula is C21H31N3O2S2. The fourth-order valence-corrected chi connectivity index (χ4v) is 4.79. The van der Waals surface area contributed by atoms with Crippen molar-refractivity contribution in [1.82, 2.24) is 0 Å². The number of rotatable bonds is 3. The Kier molecular flexibility index (Phi) is 7.95. The molecule has 1 fully saturated rings. The average Bonchev–Trinajstić information content (AvgIpc) is 3.17. The minimum absolute atomic E-state index is 0.250. The first kappa shape index (κ1) is 22.7. The summed E-state index contributed by atoms with van der Waals surface area (Å²) in [4.78, 5) is 8.58. The van der Waals surface area contributed by atoms with E-state index in [9.17, 15) is 5.11 Å². The van der Waals surface area contributed by atoms with Gasteiger partial charge >= 0.3 is 0 Å². The molecule has 0 aliphatic heterocycles. The normalized spacial score (nSPS) is 15.0. The van der Waals surface area contributed by atoms with Crippen molar-refractivity contribution in [2.45, 2.75) is 68.6 Å². The first-order valence-electron chi connectivity index (χ1n) is 9.47. The van der Waals surface area contributed by atoms with Gasteiger partial charge in [-0.25, -0.2) is 0 Å². The van der Waals surface area contributed by atoms with Crippen LogP contribution in [0.25, 0.3) is 0 Å². The Morgan fingerprint density at radius 2 is 1.93 bits per heavy atom.